The highest BCUT2D eigenvalue weighted by atomic mass is 16.5. The Morgan fingerprint density at radius 3 is 2.44 bits per heavy atom. The van der Waals surface area contributed by atoms with Gasteiger partial charge < -0.3 is 14.8 Å². The molecule has 5 rings (SSSR count). The molecule has 172 valence electrons. The van der Waals surface area contributed by atoms with Crippen LogP contribution < -0.4 is 10.1 Å². The summed E-state index contributed by atoms with van der Waals surface area (Å²) >= 11 is 0. The molecule has 1 aromatic carbocycles. The van der Waals surface area contributed by atoms with E-state index in [1.54, 1.807) is 13.0 Å². The third-order valence-corrected chi connectivity index (χ3v) is 6.17. The van der Waals surface area contributed by atoms with Crippen molar-refractivity contribution in [3.8, 4) is 23.8 Å². The topological polar surface area (TPSA) is 138 Å². The van der Waals surface area contributed by atoms with Crippen molar-refractivity contribution in [3.05, 3.63) is 46.2 Å². The van der Waals surface area contributed by atoms with Crippen LogP contribution in [0.15, 0.2) is 18.2 Å². The molecule has 0 saturated heterocycles. The van der Waals surface area contributed by atoms with Gasteiger partial charge in [-0.25, -0.2) is 9.78 Å². The summed E-state index contributed by atoms with van der Waals surface area (Å²) in [5.41, 5.74) is 1.48. The van der Waals surface area contributed by atoms with E-state index in [9.17, 15) is 14.9 Å². The molecule has 1 N–H and O–H groups in total. The number of aromatic nitrogens is 2. The molecule has 9 heteroatoms. The Morgan fingerprint density at radius 2 is 1.88 bits per heavy atom. The predicted molar refractivity (Wildman–Crippen MR) is 122 cm³/mol. The Morgan fingerprint density at radius 1 is 1.21 bits per heavy atom. The molecule has 3 fully saturated rings. The Kier molecular flexibility index (Phi) is 5.80. The molecular formula is C25H23N5O4. The number of carbonyl (C=O) groups is 2. The molecule has 3 aliphatic carbocycles. The number of hydrogen-bond acceptors (Lipinski definition) is 9. The standard InChI is InChI=1S/C25H23N5O4/c1-4-33-22(32)19-18(10-31)21(29-23(28-19)30-25-11-24(12-25,13-25)14-27)34-20-15(2)8-17(6-5-7-26)9-16(20)3/h5-6,8-10H,4,11-13H2,1-3H3,(H,28,29,30)/b6-5+. The second-order valence-corrected chi connectivity index (χ2v) is 8.83. The molecule has 3 saturated carbocycles. The van der Waals surface area contributed by atoms with E-state index in [1.807, 2.05) is 32.0 Å². The molecular weight excluding hydrogens is 434 g/mol. The lowest BCUT2D eigenvalue weighted by Crippen LogP contribution is -2.70. The average molecular weight is 457 g/mol. The number of carbonyl (C=O) groups excluding carboxylic acids is 2. The SMILES string of the molecule is CCOC(=O)c1nc(NC23CC(C#N)(C2)C3)nc(Oc2c(C)cc(/C=C/C#N)cc2C)c1C=O. The third-order valence-electron chi connectivity index (χ3n) is 6.17. The fourth-order valence-electron chi connectivity index (χ4n) is 4.79. The van der Waals surface area contributed by atoms with Gasteiger partial charge in [0, 0.05) is 11.6 Å². The summed E-state index contributed by atoms with van der Waals surface area (Å²) in [5.74, 6) is -0.204. The largest absolute Gasteiger partial charge is 0.461 e. The van der Waals surface area contributed by atoms with Gasteiger partial charge in [0.25, 0.3) is 0 Å². The van der Waals surface area contributed by atoms with E-state index in [4.69, 9.17) is 14.7 Å². The number of aldehydes is 1. The van der Waals surface area contributed by atoms with Gasteiger partial charge in [-0.1, -0.05) is 0 Å². The molecule has 1 aromatic heterocycles. The fourth-order valence-corrected chi connectivity index (χ4v) is 4.79. The molecule has 0 aliphatic heterocycles. The molecule has 0 amide bonds. The summed E-state index contributed by atoms with van der Waals surface area (Å²) < 4.78 is 11.2. The van der Waals surface area contributed by atoms with Crippen molar-refractivity contribution in [2.45, 2.75) is 45.6 Å². The first kappa shape index (κ1) is 22.9. The number of benzene rings is 1. The minimum Gasteiger partial charge on any atom is -0.461 e. The molecule has 0 radical (unpaired) electrons. The second-order valence-electron chi connectivity index (χ2n) is 8.83. The summed E-state index contributed by atoms with van der Waals surface area (Å²) in [4.78, 5) is 33.2. The molecule has 3 aliphatic rings. The highest BCUT2D eigenvalue weighted by Gasteiger charge is 2.69. The maximum Gasteiger partial charge on any atom is 0.358 e. The third kappa shape index (κ3) is 3.97. The first-order valence-corrected chi connectivity index (χ1v) is 10.9. The van der Waals surface area contributed by atoms with Crippen LogP contribution in [0.25, 0.3) is 6.08 Å². The maximum absolute atomic E-state index is 12.6. The van der Waals surface area contributed by atoms with E-state index in [2.05, 4.69) is 21.4 Å². The Bertz CT molecular complexity index is 1260. The Balaban J connectivity index is 1.72. The number of rotatable bonds is 8. The van der Waals surface area contributed by atoms with Crippen molar-refractivity contribution in [2.24, 2.45) is 5.41 Å². The van der Waals surface area contributed by atoms with E-state index in [0.717, 1.165) is 16.7 Å². The molecule has 1 heterocycles. The zero-order valence-electron chi connectivity index (χ0n) is 19.1. The summed E-state index contributed by atoms with van der Waals surface area (Å²) in [5, 5.41) is 21.3. The normalized spacial score (nSPS) is 22.0. The van der Waals surface area contributed by atoms with E-state index >= 15 is 0 Å². The fraction of sp³-hybridized carbons (Fsp3) is 0.360. The second kappa shape index (κ2) is 8.60. The highest BCUT2D eigenvalue weighted by molar-refractivity contribution is 5.98. The lowest BCUT2D eigenvalue weighted by atomic mass is 9.40. The van der Waals surface area contributed by atoms with E-state index < -0.39 is 5.97 Å². The van der Waals surface area contributed by atoms with Gasteiger partial charge >= 0.3 is 5.97 Å². The van der Waals surface area contributed by atoms with Gasteiger partial charge in [0.05, 0.1) is 24.2 Å². The minimum absolute atomic E-state index is 0.0661. The van der Waals surface area contributed by atoms with Crippen LogP contribution in [0.3, 0.4) is 0 Å². The quantitative estimate of drug-likeness (QED) is 0.350. The van der Waals surface area contributed by atoms with Crippen LogP contribution in [0.1, 0.15) is 63.7 Å². The number of aryl methyl sites for hydroxylation is 2. The van der Waals surface area contributed by atoms with E-state index in [0.29, 0.717) is 31.3 Å². The molecule has 2 bridgehead atoms. The zero-order valence-corrected chi connectivity index (χ0v) is 19.1. The monoisotopic (exact) mass is 457 g/mol. The predicted octanol–water partition coefficient (Wildman–Crippen LogP) is 4.27. The van der Waals surface area contributed by atoms with Crippen molar-refractivity contribution in [3.63, 3.8) is 0 Å². The van der Waals surface area contributed by atoms with Gasteiger partial charge in [-0.2, -0.15) is 15.5 Å². The highest BCUT2D eigenvalue weighted by Crippen LogP contribution is 2.67. The number of esters is 1. The van der Waals surface area contributed by atoms with Crippen LogP contribution in [-0.4, -0.2) is 34.4 Å². The lowest BCUT2D eigenvalue weighted by Gasteiger charge is -2.66. The molecule has 9 nitrogen and oxygen atoms in total. The lowest BCUT2D eigenvalue weighted by molar-refractivity contribution is -0.0665. The molecule has 0 unspecified atom stereocenters. The number of ether oxygens (including phenoxy) is 2. The Labute approximate surface area is 197 Å². The number of nitrogens with one attached hydrogen (secondary N) is 1. The van der Waals surface area contributed by atoms with Crippen molar-refractivity contribution < 1.29 is 19.1 Å². The number of anilines is 1. The minimum atomic E-state index is -0.753. The summed E-state index contributed by atoms with van der Waals surface area (Å²) in [6.45, 7) is 5.45. The van der Waals surface area contributed by atoms with Crippen LogP contribution in [-0.2, 0) is 4.74 Å². The maximum atomic E-state index is 12.6. The van der Waals surface area contributed by atoms with Crippen LogP contribution in [0.5, 0.6) is 11.6 Å². The van der Waals surface area contributed by atoms with Gasteiger partial charge in [0.1, 0.15) is 11.3 Å². The zero-order chi connectivity index (χ0) is 24.5. The van der Waals surface area contributed by atoms with Crippen molar-refractivity contribution in [2.75, 3.05) is 11.9 Å². The summed E-state index contributed by atoms with van der Waals surface area (Å²) in [6.07, 6.45) is 5.58. The van der Waals surface area contributed by atoms with Gasteiger partial charge in [-0.05, 0) is 74.9 Å². The number of hydrogen-bond donors (Lipinski definition) is 1. The average Bonchev–Trinajstić information content (AvgIpc) is 2.76. The summed E-state index contributed by atoms with van der Waals surface area (Å²) in [6, 6.07) is 7.98. The van der Waals surface area contributed by atoms with Gasteiger partial charge in [-0.3, -0.25) is 4.79 Å². The van der Waals surface area contributed by atoms with Crippen molar-refractivity contribution >= 4 is 24.3 Å². The molecule has 0 spiro atoms. The van der Waals surface area contributed by atoms with Crippen LogP contribution in [0.2, 0.25) is 0 Å². The molecule has 2 aromatic rings. The van der Waals surface area contributed by atoms with Crippen LogP contribution in [0, 0.1) is 41.9 Å². The molecule has 0 atom stereocenters. The summed E-state index contributed by atoms with van der Waals surface area (Å²) in [7, 11) is 0. The molecule has 34 heavy (non-hydrogen) atoms. The van der Waals surface area contributed by atoms with Crippen molar-refractivity contribution in [1.29, 1.82) is 10.5 Å². The van der Waals surface area contributed by atoms with E-state index in [-0.39, 0.29) is 40.6 Å². The Hall–Kier alpha value is -4.24. The van der Waals surface area contributed by atoms with E-state index in [1.165, 1.54) is 6.08 Å². The number of nitriles is 2. The van der Waals surface area contributed by atoms with Crippen LogP contribution >= 0.6 is 0 Å². The van der Waals surface area contributed by atoms with Gasteiger partial charge in [0.2, 0.25) is 11.8 Å². The number of allylic oxidation sites excluding steroid dienone is 1. The van der Waals surface area contributed by atoms with Gasteiger partial charge in [-0.15, -0.1) is 0 Å². The smallest absolute Gasteiger partial charge is 0.358 e. The van der Waals surface area contributed by atoms with Crippen LogP contribution in [0.4, 0.5) is 5.95 Å². The first-order valence-electron chi connectivity index (χ1n) is 10.9. The first-order chi connectivity index (χ1) is 16.3. The van der Waals surface area contributed by atoms with Gasteiger partial charge in [0.15, 0.2) is 12.0 Å². The number of nitrogens with zero attached hydrogens (tertiary/aromatic N) is 4. The van der Waals surface area contributed by atoms with Crippen molar-refractivity contribution in [1.82, 2.24) is 9.97 Å².